The van der Waals surface area contributed by atoms with E-state index in [4.69, 9.17) is 4.74 Å². The van der Waals surface area contributed by atoms with E-state index in [2.05, 4.69) is 20.9 Å². The van der Waals surface area contributed by atoms with Crippen molar-refractivity contribution < 1.29 is 9.53 Å². The lowest BCUT2D eigenvalue weighted by atomic mass is 10.0. The number of rotatable bonds is 6. The SMILES string of the molecule is CCCNC(=O)[C@@H]1Sc2nnc(-c3ccccc3)n2N[C@H]1c1ccc(OC)cc1. The van der Waals surface area contributed by atoms with Gasteiger partial charge in [0.1, 0.15) is 11.0 Å². The van der Waals surface area contributed by atoms with Crippen molar-refractivity contribution >= 4 is 17.7 Å². The summed E-state index contributed by atoms with van der Waals surface area (Å²) in [4.78, 5) is 12.9. The number of aromatic nitrogens is 3. The summed E-state index contributed by atoms with van der Waals surface area (Å²) in [6.07, 6.45) is 0.887. The first kappa shape index (κ1) is 19.3. The molecule has 7 nitrogen and oxygen atoms in total. The number of nitrogens with zero attached hydrogens (tertiary/aromatic N) is 3. The average Bonchev–Trinajstić information content (AvgIpc) is 3.20. The van der Waals surface area contributed by atoms with E-state index in [1.54, 1.807) is 7.11 Å². The summed E-state index contributed by atoms with van der Waals surface area (Å²) in [5.74, 6) is 1.49. The first-order chi connectivity index (χ1) is 14.2. The molecule has 0 saturated carbocycles. The number of thioether (sulfide) groups is 1. The third-order valence-electron chi connectivity index (χ3n) is 4.75. The summed E-state index contributed by atoms with van der Waals surface area (Å²) in [5.41, 5.74) is 5.43. The van der Waals surface area contributed by atoms with Crippen LogP contribution in [0.15, 0.2) is 59.8 Å². The van der Waals surface area contributed by atoms with E-state index in [0.717, 1.165) is 29.1 Å². The van der Waals surface area contributed by atoms with Crippen LogP contribution in [0.25, 0.3) is 11.4 Å². The molecular weight excluding hydrogens is 386 g/mol. The molecule has 150 valence electrons. The zero-order chi connectivity index (χ0) is 20.2. The summed E-state index contributed by atoms with van der Waals surface area (Å²) in [6.45, 7) is 2.68. The Morgan fingerprint density at radius 3 is 2.62 bits per heavy atom. The molecule has 1 aliphatic heterocycles. The minimum atomic E-state index is -0.365. The molecule has 0 unspecified atom stereocenters. The Morgan fingerprint density at radius 1 is 1.17 bits per heavy atom. The molecule has 0 saturated heterocycles. The Labute approximate surface area is 173 Å². The maximum absolute atomic E-state index is 12.9. The van der Waals surface area contributed by atoms with E-state index in [-0.39, 0.29) is 17.2 Å². The summed E-state index contributed by atoms with van der Waals surface area (Å²) < 4.78 is 7.15. The molecule has 8 heteroatoms. The van der Waals surface area contributed by atoms with Crippen molar-refractivity contribution in [1.29, 1.82) is 0 Å². The van der Waals surface area contributed by atoms with Crippen molar-refractivity contribution in [1.82, 2.24) is 20.2 Å². The van der Waals surface area contributed by atoms with Crippen molar-refractivity contribution in [3.63, 3.8) is 0 Å². The van der Waals surface area contributed by atoms with Crippen LogP contribution in [0.4, 0.5) is 0 Å². The summed E-state index contributed by atoms with van der Waals surface area (Å²) in [7, 11) is 1.64. The summed E-state index contributed by atoms with van der Waals surface area (Å²) >= 11 is 1.43. The third-order valence-corrected chi connectivity index (χ3v) is 5.97. The van der Waals surface area contributed by atoms with Gasteiger partial charge in [0.05, 0.1) is 13.2 Å². The molecule has 3 aromatic rings. The smallest absolute Gasteiger partial charge is 0.236 e. The van der Waals surface area contributed by atoms with Gasteiger partial charge in [0, 0.05) is 12.1 Å². The van der Waals surface area contributed by atoms with Gasteiger partial charge in [-0.05, 0) is 24.1 Å². The van der Waals surface area contributed by atoms with Crippen LogP contribution < -0.4 is 15.5 Å². The van der Waals surface area contributed by atoms with Crippen molar-refractivity contribution in [2.75, 3.05) is 19.1 Å². The molecule has 0 spiro atoms. The first-order valence-corrected chi connectivity index (χ1v) is 10.4. The number of methoxy groups -OCH3 is 1. The second kappa shape index (κ2) is 8.57. The van der Waals surface area contributed by atoms with E-state index in [1.807, 2.05) is 66.2 Å². The van der Waals surface area contributed by atoms with Crippen molar-refractivity contribution in [2.45, 2.75) is 29.8 Å². The van der Waals surface area contributed by atoms with E-state index < -0.39 is 0 Å². The van der Waals surface area contributed by atoms with Gasteiger partial charge >= 0.3 is 0 Å². The minimum Gasteiger partial charge on any atom is -0.497 e. The molecule has 2 heterocycles. The highest BCUT2D eigenvalue weighted by molar-refractivity contribution is 8.00. The van der Waals surface area contributed by atoms with Gasteiger partial charge in [0.25, 0.3) is 0 Å². The van der Waals surface area contributed by atoms with Crippen LogP contribution in [0, 0.1) is 0 Å². The van der Waals surface area contributed by atoms with Crippen LogP contribution in [-0.4, -0.2) is 39.7 Å². The van der Waals surface area contributed by atoms with Crippen molar-refractivity contribution in [3.8, 4) is 17.1 Å². The molecule has 2 N–H and O–H groups in total. The molecule has 0 fully saturated rings. The fourth-order valence-corrected chi connectivity index (χ4v) is 4.34. The van der Waals surface area contributed by atoms with Crippen LogP contribution in [0.2, 0.25) is 0 Å². The Bertz CT molecular complexity index is 974. The van der Waals surface area contributed by atoms with Crippen molar-refractivity contribution in [2.24, 2.45) is 0 Å². The van der Waals surface area contributed by atoms with Gasteiger partial charge < -0.3 is 15.5 Å². The largest absolute Gasteiger partial charge is 0.497 e. The van der Waals surface area contributed by atoms with Crippen LogP contribution in [-0.2, 0) is 4.79 Å². The fraction of sp³-hybridized carbons (Fsp3) is 0.286. The standard InChI is InChI=1S/C21H23N5O2S/c1-3-13-22-20(27)18-17(14-9-11-16(28-2)12-10-14)25-26-19(23-24-21(26)29-18)15-7-5-4-6-8-15/h4-12,17-18,25H,3,13H2,1-2H3,(H,22,27)/t17-,18+/m0/s1. The molecule has 1 amide bonds. The molecular formula is C21H23N5O2S. The van der Waals surface area contributed by atoms with Crippen molar-refractivity contribution in [3.05, 3.63) is 60.2 Å². The van der Waals surface area contributed by atoms with Gasteiger partial charge in [0.2, 0.25) is 11.1 Å². The van der Waals surface area contributed by atoms with Gasteiger partial charge in [-0.15, -0.1) is 10.2 Å². The van der Waals surface area contributed by atoms with E-state index in [9.17, 15) is 4.79 Å². The number of amides is 1. The molecule has 4 rings (SSSR count). The van der Waals surface area contributed by atoms with Crippen LogP contribution in [0.3, 0.4) is 0 Å². The quantitative estimate of drug-likeness (QED) is 0.651. The number of hydrogen-bond acceptors (Lipinski definition) is 6. The normalized spacial score (nSPS) is 17.9. The lowest BCUT2D eigenvalue weighted by Gasteiger charge is -2.33. The molecule has 1 aliphatic rings. The number of fused-ring (bicyclic) bond motifs is 1. The summed E-state index contributed by atoms with van der Waals surface area (Å²) in [5, 5.41) is 12.0. The molecule has 0 bridgehead atoms. The monoisotopic (exact) mass is 409 g/mol. The highest BCUT2D eigenvalue weighted by atomic mass is 32.2. The highest BCUT2D eigenvalue weighted by Crippen LogP contribution is 2.38. The molecule has 0 radical (unpaired) electrons. The zero-order valence-corrected chi connectivity index (χ0v) is 17.1. The van der Waals surface area contributed by atoms with Gasteiger partial charge in [-0.3, -0.25) is 4.79 Å². The Morgan fingerprint density at radius 2 is 1.93 bits per heavy atom. The lowest BCUT2D eigenvalue weighted by Crippen LogP contribution is -2.44. The maximum Gasteiger partial charge on any atom is 0.236 e. The predicted molar refractivity (Wildman–Crippen MR) is 113 cm³/mol. The first-order valence-electron chi connectivity index (χ1n) is 9.57. The number of benzene rings is 2. The molecule has 29 heavy (non-hydrogen) atoms. The Hall–Kier alpha value is -3.00. The van der Waals surface area contributed by atoms with E-state index >= 15 is 0 Å². The van der Waals surface area contributed by atoms with Crippen LogP contribution in [0.5, 0.6) is 5.75 Å². The predicted octanol–water partition coefficient (Wildman–Crippen LogP) is 3.24. The number of carbonyl (C=O) groups is 1. The van der Waals surface area contributed by atoms with E-state index in [1.165, 1.54) is 11.8 Å². The molecule has 2 aromatic carbocycles. The Balaban J connectivity index is 1.71. The van der Waals surface area contributed by atoms with Crippen LogP contribution in [0.1, 0.15) is 24.9 Å². The van der Waals surface area contributed by atoms with Gasteiger partial charge in [0.15, 0.2) is 5.82 Å². The maximum atomic E-state index is 12.9. The summed E-state index contributed by atoms with van der Waals surface area (Å²) in [6, 6.07) is 17.4. The van der Waals surface area contributed by atoms with Gasteiger partial charge in [-0.25, -0.2) is 4.68 Å². The number of nitrogens with one attached hydrogen (secondary N) is 2. The second-order valence-corrected chi connectivity index (χ2v) is 7.83. The van der Waals surface area contributed by atoms with E-state index in [0.29, 0.717) is 11.7 Å². The van der Waals surface area contributed by atoms with Gasteiger partial charge in [-0.1, -0.05) is 61.2 Å². The number of hydrogen-bond donors (Lipinski definition) is 2. The van der Waals surface area contributed by atoms with Crippen LogP contribution >= 0.6 is 11.8 Å². The number of carbonyl (C=O) groups excluding carboxylic acids is 1. The average molecular weight is 410 g/mol. The Kier molecular flexibility index (Phi) is 5.71. The highest BCUT2D eigenvalue weighted by Gasteiger charge is 2.37. The third kappa shape index (κ3) is 3.93. The minimum absolute atomic E-state index is 0.0133. The fourth-order valence-electron chi connectivity index (χ4n) is 3.24. The van der Waals surface area contributed by atoms with Gasteiger partial charge in [-0.2, -0.15) is 0 Å². The second-order valence-electron chi connectivity index (χ2n) is 6.72. The molecule has 1 aromatic heterocycles. The topological polar surface area (TPSA) is 81.1 Å². The zero-order valence-electron chi connectivity index (χ0n) is 16.3. The molecule has 2 atom stereocenters. The lowest BCUT2D eigenvalue weighted by molar-refractivity contribution is -0.120. The number of ether oxygens (including phenoxy) is 1. The molecule has 0 aliphatic carbocycles.